The Morgan fingerprint density at radius 3 is 2.19 bits per heavy atom. The molecule has 0 aliphatic carbocycles. The zero-order valence-electron chi connectivity index (χ0n) is 15.1. The molecule has 0 saturated carbocycles. The lowest BCUT2D eigenvalue weighted by atomic mass is 10.1. The number of aryl methyl sites for hydroxylation is 1. The highest BCUT2D eigenvalue weighted by atomic mass is 16.5. The predicted molar refractivity (Wildman–Crippen MR) is 99.5 cm³/mol. The number of benzene rings is 2. The molecular weight excluding hydrogens is 332 g/mol. The molecule has 0 aliphatic heterocycles. The fourth-order valence-electron chi connectivity index (χ4n) is 2.38. The third-order valence-corrected chi connectivity index (χ3v) is 3.71. The molecule has 0 fully saturated rings. The van der Waals surface area contributed by atoms with E-state index >= 15 is 0 Å². The van der Waals surface area contributed by atoms with Gasteiger partial charge in [-0.05, 0) is 37.3 Å². The molecule has 0 heterocycles. The van der Waals surface area contributed by atoms with Gasteiger partial charge in [0.25, 0.3) is 5.91 Å². The normalized spacial score (nSPS) is 10.7. The van der Waals surface area contributed by atoms with Crippen molar-refractivity contribution in [1.29, 1.82) is 5.26 Å². The van der Waals surface area contributed by atoms with E-state index in [0.717, 1.165) is 5.56 Å². The Bertz CT molecular complexity index is 865. The highest BCUT2D eigenvalue weighted by molar-refractivity contribution is 6.09. The highest BCUT2D eigenvalue weighted by Gasteiger charge is 2.17. The summed E-state index contributed by atoms with van der Waals surface area (Å²) in [6.07, 6.45) is 1.45. The smallest absolute Gasteiger partial charge is 0.266 e. The van der Waals surface area contributed by atoms with Crippen molar-refractivity contribution in [3.63, 3.8) is 0 Å². The van der Waals surface area contributed by atoms with Crippen LogP contribution in [0.5, 0.6) is 17.2 Å². The van der Waals surface area contributed by atoms with E-state index in [-0.39, 0.29) is 5.57 Å². The molecule has 0 aliphatic rings. The summed E-state index contributed by atoms with van der Waals surface area (Å²) in [6.45, 7) is 1.95. The SMILES string of the molecule is COc1ccc(/C=C(\C#N)C(=O)Nc2ccc(C)cc2)c(OC)c1OC. The standard InChI is InChI=1S/C20H20N2O4/c1-13-5-8-16(9-6-13)22-20(23)15(12-21)11-14-7-10-17(24-2)19(26-4)18(14)25-3/h5-11H,1-4H3,(H,22,23)/b15-11+. The van der Waals surface area contributed by atoms with Crippen molar-refractivity contribution in [2.75, 3.05) is 26.6 Å². The first-order chi connectivity index (χ1) is 12.5. The lowest BCUT2D eigenvalue weighted by Crippen LogP contribution is -2.13. The molecule has 2 aromatic rings. The van der Waals surface area contributed by atoms with Gasteiger partial charge in [-0.15, -0.1) is 0 Å². The van der Waals surface area contributed by atoms with E-state index in [9.17, 15) is 10.1 Å². The van der Waals surface area contributed by atoms with E-state index in [2.05, 4.69) is 5.32 Å². The number of hydrogen-bond donors (Lipinski definition) is 1. The van der Waals surface area contributed by atoms with Gasteiger partial charge in [0, 0.05) is 11.3 Å². The summed E-state index contributed by atoms with van der Waals surface area (Å²) in [4.78, 5) is 12.4. The van der Waals surface area contributed by atoms with Crippen LogP contribution >= 0.6 is 0 Å². The van der Waals surface area contributed by atoms with Gasteiger partial charge in [-0.25, -0.2) is 0 Å². The average Bonchev–Trinajstić information content (AvgIpc) is 2.66. The summed E-state index contributed by atoms with van der Waals surface area (Å²) in [7, 11) is 4.48. The van der Waals surface area contributed by atoms with Crippen molar-refractivity contribution >= 4 is 17.7 Å². The molecule has 2 aromatic carbocycles. The van der Waals surface area contributed by atoms with Crippen LogP contribution in [0, 0.1) is 18.3 Å². The Kier molecular flexibility index (Phi) is 6.23. The molecule has 0 spiro atoms. The summed E-state index contributed by atoms with van der Waals surface area (Å²) in [5.41, 5.74) is 2.16. The maximum atomic E-state index is 12.4. The van der Waals surface area contributed by atoms with Crippen LogP contribution in [-0.2, 0) is 4.79 Å². The number of hydrogen-bond acceptors (Lipinski definition) is 5. The van der Waals surface area contributed by atoms with Gasteiger partial charge in [-0.1, -0.05) is 17.7 Å². The fraction of sp³-hybridized carbons (Fsp3) is 0.200. The van der Waals surface area contributed by atoms with Gasteiger partial charge in [-0.2, -0.15) is 5.26 Å². The fourth-order valence-corrected chi connectivity index (χ4v) is 2.38. The number of amides is 1. The molecule has 0 aromatic heterocycles. The maximum Gasteiger partial charge on any atom is 0.266 e. The monoisotopic (exact) mass is 352 g/mol. The van der Waals surface area contributed by atoms with E-state index in [4.69, 9.17) is 14.2 Å². The van der Waals surface area contributed by atoms with E-state index < -0.39 is 5.91 Å². The second-order valence-electron chi connectivity index (χ2n) is 5.41. The number of rotatable bonds is 6. The van der Waals surface area contributed by atoms with Crippen molar-refractivity contribution < 1.29 is 19.0 Å². The second-order valence-corrected chi connectivity index (χ2v) is 5.41. The number of anilines is 1. The Balaban J connectivity index is 2.37. The van der Waals surface area contributed by atoms with Crippen LogP contribution in [0.2, 0.25) is 0 Å². The van der Waals surface area contributed by atoms with Crippen molar-refractivity contribution in [3.8, 4) is 23.3 Å². The van der Waals surface area contributed by atoms with Crippen LogP contribution in [0.15, 0.2) is 42.0 Å². The molecule has 1 N–H and O–H groups in total. The van der Waals surface area contributed by atoms with Gasteiger partial charge in [-0.3, -0.25) is 4.79 Å². The molecule has 1 amide bonds. The highest BCUT2D eigenvalue weighted by Crippen LogP contribution is 2.40. The second kappa shape index (κ2) is 8.58. The number of nitrogens with one attached hydrogen (secondary N) is 1. The largest absolute Gasteiger partial charge is 0.493 e. The van der Waals surface area contributed by atoms with Crippen LogP contribution in [0.3, 0.4) is 0 Å². The lowest BCUT2D eigenvalue weighted by molar-refractivity contribution is -0.112. The molecule has 0 atom stereocenters. The third kappa shape index (κ3) is 4.14. The number of ether oxygens (including phenoxy) is 3. The summed E-state index contributed by atoms with van der Waals surface area (Å²) in [5.74, 6) is 0.750. The number of carbonyl (C=O) groups excluding carboxylic acids is 1. The summed E-state index contributed by atoms with van der Waals surface area (Å²) >= 11 is 0. The minimum Gasteiger partial charge on any atom is -0.493 e. The number of methoxy groups -OCH3 is 3. The quantitative estimate of drug-likeness (QED) is 0.635. The van der Waals surface area contributed by atoms with Crippen LogP contribution in [0.1, 0.15) is 11.1 Å². The Morgan fingerprint density at radius 1 is 1.00 bits per heavy atom. The molecule has 6 heteroatoms. The number of carbonyl (C=O) groups is 1. The van der Waals surface area contributed by atoms with E-state index in [0.29, 0.717) is 28.5 Å². The van der Waals surface area contributed by atoms with Gasteiger partial charge >= 0.3 is 0 Å². The molecule has 2 rings (SSSR count). The van der Waals surface area contributed by atoms with Crippen LogP contribution in [0.25, 0.3) is 6.08 Å². The van der Waals surface area contributed by atoms with Crippen molar-refractivity contribution in [2.45, 2.75) is 6.92 Å². The van der Waals surface area contributed by atoms with Gasteiger partial charge in [0.1, 0.15) is 11.6 Å². The molecule has 0 unspecified atom stereocenters. The van der Waals surface area contributed by atoms with Crippen molar-refractivity contribution in [2.24, 2.45) is 0 Å². The first kappa shape index (κ1) is 18.9. The molecule has 6 nitrogen and oxygen atoms in total. The Morgan fingerprint density at radius 2 is 1.65 bits per heavy atom. The van der Waals surface area contributed by atoms with E-state index in [1.54, 1.807) is 24.3 Å². The van der Waals surface area contributed by atoms with Crippen molar-refractivity contribution in [1.82, 2.24) is 0 Å². The third-order valence-electron chi connectivity index (χ3n) is 3.71. The van der Waals surface area contributed by atoms with Gasteiger partial charge in [0.2, 0.25) is 5.75 Å². The predicted octanol–water partition coefficient (Wildman–Crippen LogP) is 3.57. The van der Waals surface area contributed by atoms with E-state index in [1.807, 2.05) is 25.1 Å². The number of nitrogens with zero attached hydrogens (tertiary/aromatic N) is 1. The summed E-state index contributed by atoms with van der Waals surface area (Å²) in [5, 5.41) is 12.1. The first-order valence-corrected chi connectivity index (χ1v) is 7.82. The van der Waals surface area contributed by atoms with Gasteiger partial charge in [0.05, 0.1) is 21.3 Å². The maximum absolute atomic E-state index is 12.4. The topological polar surface area (TPSA) is 80.6 Å². The van der Waals surface area contributed by atoms with Crippen LogP contribution in [-0.4, -0.2) is 27.2 Å². The van der Waals surface area contributed by atoms with Gasteiger partial charge < -0.3 is 19.5 Å². The molecule has 26 heavy (non-hydrogen) atoms. The van der Waals surface area contributed by atoms with Gasteiger partial charge in [0.15, 0.2) is 11.5 Å². The molecule has 134 valence electrons. The van der Waals surface area contributed by atoms with E-state index in [1.165, 1.54) is 27.4 Å². The molecule has 0 radical (unpaired) electrons. The van der Waals surface area contributed by atoms with Crippen LogP contribution < -0.4 is 19.5 Å². The number of nitriles is 1. The lowest BCUT2D eigenvalue weighted by Gasteiger charge is -2.14. The molecule has 0 saturated heterocycles. The van der Waals surface area contributed by atoms with Crippen molar-refractivity contribution in [3.05, 3.63) is 53.1 Å². The Hall–Kier alpha value is -3.46. The van der Waals surface area contributed by atoms with Crippen LogP contribution in [0.4, 0.5) is 5.69 Å². The minimum atomic E-state index is -0.506. The summed E-state index contributed by atoms with van der Waals surface area (Å²) in [6, 6.07) is 12.6. The molecule has 0 bridgehead atoms. The zero-order valence-corrected chi connectivity index (χ0v) is 15.1. The minimum absolute atomic E-state index is 0.0592. The first-order valence-electron chi connectivity index (χ1n) is 7.82. The molecular formula is C20H20N2O4. The average molecular weight is 352 g/mol. The summed E-state index contributed by atoms with van der Waals surface area (Å²) < 4.78 is 15.9. The zero-order chi connectivity index (χ0) is 19.1. The Labute approximate surface area is 152 Å².